The summed E-state index contributed by atoms with van der Waals surface area (Å²) < 4.78 is 25.1. The van der Waals surface area contributed by atoms with Gasteiger partial charge in [0.15, 0.2) is 9.84 Å². The molecule has 2 N–H and O–H groups in total. The van der Waals surface area contributed by atoms with Gasteiger partial charge in [0.2, 0.25) is 0 Å². The van der Waals surface area contributed by atoms with E-state index in [1.807, 2.05) is 32.0 Å². The fourth-order valence-electron chi connectivity index (χ4n) is 2.09. The minimum absolute atomic E-state index is 0.0163. The zero-order valence-corrected chi connectivity index (χ0v) is 12.9. The van der Waals surface area contributed by atoms with Gasteiger partial charge in [-0.1, -0.05) is 41.4 Å². The average Bonchev–Trinajstić information content (AvgIpc) is 2.33. The second kappa shape index (κ2) is 5.46. The number of nitrogen functional groups attached to an aromatic ring is 1. The second-order valence-corrected chi connectivity index (χ2v) is 7.18. The maximum Gasteiger partial charge on any atom is 0.186 e. The molecule has 106 valence electrons. The van der Waals surface area contributed by atoms with E-state index in [-0.39, 0.29) is 21.4 Å². The van der Waals surface area contributed by atoms with Crippen LogP contribution in [-0.4, -0.2) is 8.42 Å². The van der Waals surface area contributed by atoms with Gasteiger partial charge in [-0.15, -0.1) is 0 Å². The third-order valence-corrected chi connectivity index (χ3v) is 5.35. The smallest absolute Gasteiger partial charge is 0.186 e. The van der Waals surface area contributed by atoms with Gasteiger partial charge in [0.05, 0.1) is 16.5 Å². The number of rotatable bonds is 3. The van der Waals surface area contributed by atoms with Crippen LogP contribution in [0.1, 0.15) is 16.7 Å². The van der Waals surface area contributed by atoms with Crippen LogP contribution in [0, 0.1) is 13.8 Å². The third kappa shape index (κ3) is 2.97. The van der Waals surface area contributed by atoms with Gasteiger partial charge in [-0.3, -0.25) is 0 Å². The molecule has 2 rings (SSSR count). The largest absolute Gasteiger partial charge is 0.398 e. The van der Waals surface area contributed by atoms with Gasteiger partial charge >= 0.3 is 0 Å². The molecule has 0 aliphatic carbocycles. The van der Waals surface area contributed by atoms with E-state index in [2.05, 4.69) is 0 Å². The number of benzene rings is 2. The van der Waals surface area contributed by atoms with E-state index in [0.29, 0.717) is 0 Å². The van der Waals surface area contributed by atoms with Crippen molar-refractivity contribution in [2.45, 2.75) is 24.5 Å². The number of hydrogen-bond donors (Lipinski definition) is 1. The lowest BCUT2D eigenvalue weighted by molar-refractivity contribution is 0.595. The summed E-state index contributed by atoms with van der Waals surface area (Å²) in [6.07, 6.45) is 0. The first kappa shape index (κ1) is 14.9. The topological polar surface area (TPSA) is 60.2 Å². The van der Waals surface area contributed by atoms with Crippen LogP contribution in [-0.2, 0) is 15.6 Å². The summed E-state index contributed by atoms with van der Waals surface area (Å²) in [5, 5.41) is 0.162. The van der Waals surface area contributed by atoms with E-state index in [9.17, 15) is 8.42 Å². The molecule has 0 bridgehead atoms. The summed E-state index contributed by atoms with van der Waals surface area (Å²) in [6, 6.07) is 10.5. The van der Waals surface area contributed by atoms with Crippen LogP contribution in [0.25, 0.3) is 0 Å². The normalized spacial score (nSPS) is 11.6. The number of anilines is 1. The van der Waals surface area contributed by atoms with E-state index >= 15 is 0 Å². The molecule has 0 radical (unpaired) electrons. The fraction of sp³-hybridized carbons (Fsp3) is 0.200. The molecule has 20 heavy (non-hydrogen) atoms. The van der Waals surface area contributed by atoms with Crippen molar-refractivity contribution in [3.05, 3.63) is 58.1 Å². The van der Waals surface area contributed by atoms with Crippen molar-refractivity contribution >= 4 is 27.1 Å². The molecule has 2 aromatic carbocycles. The Bertz CT molecular complexity index is 734. The summed E-state index contributed by atoms with van der Waals surface area (Å²) >= 11 is 5.99. The number of halogens is 1. The summed E-state index contributed by atoms with van der Waals surface area (Å²) in [5.41, 5.74) is 8.67. The molecule has 0 amide bonds. The van der Waals surface area contributed by atoms with Crippen molar-refractivity contribution in [3.63, 3.8) is 0 Å². The highest BCUT2D eigenvalue weighted by Crippen LogP contribution is 2.30. The number of aryl methyl sites for hydroxylation is 2. The summed E-state index contributed by atoms with van der Waals surface area (Å²) in [6.45, 7) is 3.82. The van der Waals surface area contributed by atoms with E-state index < -0.39 is 9.84 Å². The zero-order valence-electron chi connectivity index (χ0n) is 11.4. The molecule has 0 fully saturated rings. The second-order valence-electron chi connectivity index (χ2n) is 4.85. The predicted molar refractivity (Wildman–Crippen MR) is 82.7 cm³/mol. The Morgan fingerprint density at radius 2 is 1.85 bits per heavy atom. The SMILES string of the molecule is Cc1ccc(C)c(CS(=O)(=O)c2c(N)cccc2Cl)c1. The molecule has 0 aliphatic heterocycles. The molecule has 5 heteroatoms. The molecule has 0 heterocycles. The number of hydrogen-bond acceptors (Lipinski definition) is 3. The van der Waals surface area contributed by atoms with E-state index in [0.717, 1.165) is 16.7 Å². The van der Waals surface area contributed by atoms with Gasteiger partial charge in [0, 0.05) is 0 Å². The lowest BCUT2D eigenvalue weighted by Gasteiger charge is -2.11. The molecular formula is C15H16ClNO2S. The molecule has 0 aromatic heterocycles. The van der Waals surface area contributed by atoms with Crippen LogP contribution in [0.5, 0.6) is 0 Å². The molecule has 2 aromatic rings. The first-order chi connectivity index (χ1) is 9.31. The van der Waals surface area contributed by atoms with Crippen LogP contribution in [0.2, 0.25) is 5.02 Å². The molecule has 0 saturated carbocycles. The minimum atomic E-state index is -3.57. The first-order valence-corrected chi connectivity index (χ1v) is 8.17. The third-order valence-electron chi connectivity index (χ3n) is 3.16. The van der Waals surface area contributed by atoms with Crippen molar-refractivity contribution in [3.8, 4) is 0 Å². The molecule has 0 aliphatic rings. The highest BCUT2D eigenvalue weighted by Gasteiger charge is 2.22. The number of sulfone groups is 1. The van der Waals surface area contributed by atoms with Gasteiger partial charge in [0.1, 0.15) is 4.90 Å². The van der Waals surface area contributed by atoms with Crippen molar-refractivity contribution in [2.75, 3.05) is 5.73 Å². The van der Waals surface area contributed by atoms with Crippen LogP contribution in [0.15, 0.2) is 41.3 Å². The molecule has 0 atom stereocenters. The Labute approximate surface area is 124 Å². The molecule has 0 saturated heterocycles. The van der Waals surface area contributed by atoms with Gasteiger partial charge < -0.3 is 5.73 Å². The van der Waals surface area contributed by atoms with Crippen LogP contribution >= 0.6 is 11.6 Å². The Morgan fingerprint density at radius 1 is 1.15 bits per heavy atom. The summed E-state index contributed by atoms with van der Waals surface area (Å²) in [4.78, 5) is 0.0163. The summed E-state index contributed by atoms with van der Waals surface area (Å²) in [5.74, 6) is -0.103. The Kier molecular flexibility index (Phi) is 4.06. The maximum absolute atomic E-state index is 12.5. The standard InChI is InChI=1S/C15H16ClNO2S/c1-10-6-7-11(2)12(8-10)9-20(18,19)15-13(16)4-3-5-14(15)17/h3-8H,9,17H2,1-2H3. The van der Waals surface area contributed by atoms with Crippen molar-refractivity contribution in [1.82, 2.24) is 0 Å². The fourth-order valence-corrected chi connectivity index (χ4v) is 4.28. The van der Waals surface area contributed by atoms with E-state index in [1.165, 1.54) is 6.07 Å². The number of nitrogens with two attached hydrogens (primary N) is 1. The molecule has 3 nitrogen and oxygen atoms in total. The Balaban J connectivity index is 2.49. The summed E-state index contributed by atoms with van der Waals surface area (Å²) in [7, 11) is -3.57. The van der Waals surface area contributed by atoms with Crippen LogP contribution in [0.4, 0.5) is 5.69 Å². The lowest BCUT2D eigenvalue weighted by atomic mass is 10.1. The maximum atomic E-state index is 12.5. The van der Waals surface area contributed by atoms with Gasteiger partial charge in [-0.2, -0.15) is 0 Å². The van der Waals surface area contributed by atoms with Crippen LogP contribution < -0.4 is 5.73 Å². The van der Waals surface area contributed by atoms with Gasteiger partial charge in [-0.05, 0) is 37.1 Å². The predicted octanol–water partition coefficient (Wildman–Crippen LogP) is 3.51. The zero-order chi connectivity index (χ0) is 14.9. The van der Waals surface area contributed by atoms with Gasteiger partial charge in [0.25, 0.3) is 0 Å². The van der Waals surface area contributed by atoms with Crippen molar-refractivity contribution in [2.24, 2.45) is 0 Å². The quantitative estimate of drug-likeness (QED) is 0.883. The Hall–Kier alpha value is -1.52. The molecule has 0 unspecified atom stereocenters. The molecule has 0 spiro atoms. The monoisotopic (exact) mass is 309 g/mol. The van der Waals surface area contributed by atoms with E-state index in [4.69, 9.17) is 17.3 Å². The van der Waals surface area contributed by atoms with E-state index in [1.54, 1.807) is 12.1 Å². The minimum Gasteiger partial charge on any atom is -0.398 e. The van der Waals surface area contributed by atoms with Crippen molar-refractivity contribution in [1.29, 1.82) is 0 Å². The lowest BCUT2D eigenvalue weighted by Crippen LogP contribution is -2.09. The van der Waals surface area contributed by atoms with Gasteiger partial charge in [-0.25, -0.2) is 8.42 Å². The Morgan fingerprint density at radius 3 is 2.50 bits per heavy atom. The highest BCUT2D eigenvalue weighted by molar-refractivity contribution is 7.91. The van der Waals surface area contributed by atoms with Crippen LogP contribution in [0.3, 0.4) is 0 Å². The first-order valence-electron chi connectivity index (χ1n) is 6.14. The average molecular weight is 310 g/mol. The van der Waals surface area contributed by atoms with Crippen molar-refractivity contribution < 1.29 is 8.42 Å². The highest BCUT2D eigenvalue weighted by atomic mass is 35.5. The molecular weight excluding hydrogens is 294 g/mol.